The number of carbonyl (C=O) groups is 1. The second kappa shape index (κ2) is 8.28. The van der Waals surface area contributed by atoms with Gasteiger partial charge < -0.3 is 11.1 Å². The van der Waals surface area contributed by atoms with Gasteiger partial charge in [-0.15, -0.1) is 12.4 Å². The van der Waals surface area contributed by atoms with Gasteiger partial charge in [0.2, 0.25) is 5.91 Å². The summed E-state index contributed by atoms with van der Waals surface area (Å²) in [6.07, 6.45) is 3.95. The Bertz CT molecular complexity index is 406. The minimum Gasteiger partial charge on any atom is -0.352 e. The molecular formula is C16H25ClN2O. The van der Waals surface area contributed by atoms with Gasteiger partial charge in [0.25, 0.3) is 0 Å². The minimum absolute atomic E-state index is 0. The van der Waals surface area contributed by atoms with E-state index in [0.29, 0.717) is 24.8 Å². The van der Waals surface area contributed by atoms with Crippen LogP contribution in [0.5, 0.6) is 0 Å². The van der Waals surface area contributed by atoms with E-state index in [9.17, 15) is 4.79 Å². The summed E-state index contributed by atoms with van der Waals surface area (Å²) in [7, 11) is 0. The SMILES string of the molecule is CCC(CC(=O)NC(CN)C1CC1)c1ccccc1.Cl. The van der Waals surface area contributed by atoms with E-state index in [1.54, 1.807) is 0 Å². The monoisotopic (exact) mass is 296 g/mol. The first-order valence-electron chi connectivity index (χ1n) is 7.29. The van der Waals surface area contributed by atoms with Crippen molar-refractivity contribution in [3.63, 3.8) is 0 Å². The Morgan fingerprint density at radius 2 is 2.00 bits per heavy atom. The standard InChI is InChI=1S/C16H24N2O.ClH/c1-2-12(13-6-4-3-5-7-13)10-16(19)18-15(11-17)14-8-9-14;/h3-7,12,14-15H,2,8-11,17H2,1H3,(H,18,19);1H. The van der Waals surface area contributed by atoms with Crippen LogP contribution in [0.4, 0.5) is 0 Å². The lowest BCUT2D eigenvalue weighted by Crippen LogP contribution is -2.42. The Kier molecular flexibility index (Phi) is 7.03. The van der Waals surface area contributed by atoms with Crippen molar-refractivity contribution in [2.24, 2.45) is 11.7 Å². The molecule has 0 aliphatic heterocycles. The molecule has 4 heteroatoms. The largest absolute Gasteiger partial charge is 0.352 e. The van der Waals surface area contributed by atoms with E-state index in [-0.39, 0.29) is 24.4 Å². The van der Waals surface area contributed by atoms with Crippen LogP contribution in [-0.4, -0.2) is 18.5 Å². The molecule has 0 spiro atoms. The molecule has 112 valence electrons. The summed E-state index contributed by atoms with van der Waals surface area (Å²) >= 11 is 0. The molecule has 2 atom stereocenters. The zero-order valence-corrected chi connectivity index (χ0v) is 12.9. The number of halogens is 1. The van der Waals surface area contributed by atoms with Gasteiger partial charge in [0.15, 0.2) is 0 Å². The van der Waals surface area contributed by atoms with Gasteiger partial charge in [-0.3, -0.25) is 4.79 Å². The van der Waals surface area contributed by atoms with Gasteiger partial charge in [0.05, 0.1) is 0 Å². The third kappa shape index (κ3) is 4.80. The zero-order chi connectivity index (χ0) is 13.7. The van der Waals surface area contributed by atoms with Crippen LogP contribution >= 0.6 is 12.4 Å². The van der Waals surface area contributed by atoms with E-state index in [1.807, 2.05) is 18.2 Å². The normalized spacial score (nSPS) is 16.9. The Morgan fingerprint density at radius 3 is 2.50 bits per heavy atom. The van der Waals surface area contributed by atoms with Crippen LogP contribution in [0, 0.1) is 5.92 Å². The second-order valence-electron chi connectivity index (χ2n) is 5.47. The molecule has 0 bridgehead atoms. The number of nitrogens with two attached hydrogens (primary N) is 1. The molecule has 0 saturated heterocycles. The summed E-state index contributed by atoms with van der Waals surface area (Å²) in [5.74, 6) is 1.06. The number of nitrogens with one attached hydrogen (secondary N) is 1. The van der Waals surface area contributed by atoms with Gasteiger partial charge in [-0.1, -0.05) is 37.3 Å². The highest BCUT2D eigenvalue weighted by molar-refractivity contribution is 5.85. The molecule has 1 aliphatic rings. The van der Waals surface area contributed by atoms with Gasteiger partial charge in [-0.05, 0) is 36.7 Å². The van der Waals surface area contributed by atoms with E-state index >= 15 is 0 Å². The molecule has 1 amide bonds. The molecule has 3 N–H and O–H groups in total. The molecule has 0 radical (unpaired) electrons. The molecule has 1 saturated carbocycles. The molecule has 1 fully saturated rings. The van der Waals surface area contributed by atoms with Crippen molar-refractivity contribution >= 4 is 18.3 Å². The summed E-state index contributed by atoms with van der Waals surface area (Å²) in [5.41, 5.74) is 6.97. The van der Waals surface area contributed by atoms with E-state index in [1.165, 1.54) is 18.4 Å². The van der Waals surface area contributed by atoms with E-state index in [4.69, 9.17) is 5.73 Å². The van der Waals surface area contributed by atoms with Crippen LogP contribution in [0.3, 0.4) is 0 Å². The molecule has 2 unspecified atom stereocenters. The molecule has 2 rings (SSSR count). The lowest BCUT2D eigenvalue weighted by molar-refractivity contribution is -0.122. The van der Waals surface area contributed by atoms with Crippen LogP contribution in [0.2, 0.25) is 0 Å². The highest BCUT2D eigenvalue weighted by Gasteiger charge is 2.31. The molecular weight excluding hydrogens is 272 g/mol. The van der Waals surface area contributed by atoms with E-state index < -0.39 is 0 Å². The van der Waals surface area contributed by atoms with Crippen molar-refractivity contribution in [2.75, 3.05) is 6.54 Å². The maximum atomic E-state index is 12.1. The smallest absolute Gasteiger partial charge is 0.220 e. The summed E-state index contributed by atoms with van der Waals surface area (Å²) in [4.78, 5) is 12.1. The van der Waals surface area contributed by atoms with Crippen molar-refractivity contribution in [3.05, 3.63) is 35.9 Å². The van der Waals surface area contributed by atoms with Crippen molar-refractivity contribution in [1.29, 1.82) is 0 Å². The van der Waals surface area contributed by atoms with Crippen molar-refractivity contribution in [3.8, 4) is 0 Å². The summed E-state index contributed by atoms with van der Waals surface area (Å²) in [5, 5.41) is 3.10. The first-order valence-corrected chi connectivity index (χ1v) is 7.29. The number of benzene rings is 1. The molecule has 1 aromatic rings. The average Bonchev–Trinajstić information content (AvgIpc) is 3.27. The fourth-order valence-electron chi connectivity index (χ4n) is 2.58. The third-order valence-corrected chi connectivity index (χ3v) is 3.99. The van der Waals surface area contributed by atoms with Crippen molar-refractivity contribution in [1.82, 2.24) is 5.32 Å². The Morgan fingerprint density at radius 1 is 1.35 bits per heavy atom. The Labute approximate surface area is 127 Å². The fourth-order valence-corrected chi connectivity index (χ4v) is 2.58. The highest BCUT2D eigenvalue weighted by Crippen LogP contribution is 2.32. The lowest BCUT2D eigenvalue weighted by Gasteiger charge is -2.19. The van der Waals surface area contributed by atoms with Crippen LogP contribution < -0.4 is 11.1 Å². The van der Waals surface area contributed by atoms with Crippen molar-refractivity contribution < 1.29 is 4.79 Å². The van der Waals surface area contributed by atoms with Gasteiger partial charge >= 0.3 is 0 Å². The first-order chi connectivity index (χ1) is 9.24. The van der Waals surface area contributed by atoms with Crippen LogP contribution in [0.25, 0.3) is 0 Å². The van der Waals surface area contributed by atoms with Crippen molar-refractivity contribution in [2.45, 2.75) is 44.6 Å². The number of hydrogen-bond acceptors (Lipinski definition) is 2. The van der Waals surface area contributed by atoms with Gasteiger partial charge in [0.1, 0.15) is 0 Å². The number of amides is 1. The predicted octanol–water partition coefficient (Wildman–Crippen LogP) is 2.85. The van der Waals surface area contributed by atoms with Gasteiger partial charge in [0, 0.05) is 19.0 Å². The van der Waals surface area contributed by atoms with Crippen LogP contribution in [0.15, 0.2) is 30.3 Å². The molecule has 0 heterocycles. The summed E-state index contributed by atoms with van der Waals surface area (Å²) in [6.45, 7) is 2.69. The molecule has 0 aromatic heterocycles. The maximum absolute atomic E-state index is 12.1. The molecule has 1 aromatic carbocycles. The number of hydrogen-bond donors (Lipinski definition) is 2. The second-order valence-corrected chi connectivity index (χ2v) is 5.47. The lowest BCUT2D eigenvalue weighted by atomic mass is 9.93. The van der Waals surface area contributed by atoms with Gasteiger partial charge in [-0.25, -0.2) is 0 Å². The summed E-state index contributed by atoms with van der Waals surface area (Å²) in [6, 6.07) is 10.5. The maximum Gasteiger partial charge on any atom is 0.220 e. The number of rotatable bonds is 7. The van der Waals surface area contributed by atoms with Crippen LogP contribution in [0.1, 0.15) is 44.1 Å². The average molecular weight is 297 g/mol. The topological polar surface area (TPSA) is 55.1 Å². The summed E-state index contributed by atoms with van der Waals surface area (Å²) < 4.78 is 0. The van der Waals surface area contributed by atoms with E-state index in [2.05, 4.69) is 24.4 Å². The quantitative estimate of drug-likeness (QED) is 0.813. The molecule has 3 nitrogen and oxygen atoms in total. The van der Waals surface area contributed by atoms with Crippen LogP contribution in [-0.2, 0) is 4.79 Å². The Balaban J connectivity index is 0.00000200. The first kappa shape index (κ1) is 17.0. The highest BCUT2D eigenvalue weighted by atomic mass is 35.5. The minimum atomic E-state index is 0. The molecule has 20 heavy (non-hydrogen) atoms. The van der Waals surface area contributed by atoms with Gasteiger partial charge in [-0.2, -0.15) is 0 Å². The van der Waals surface area contributed by atoms with E-state index in [0.717, 1.165) is 6.42 Å². The Hall–Kier alpha value is -1.06. The predicted molar refractivity (Wildman–Crippen MR) is 85.0 cm³/mol. The zero-order valence-electron chi connectivity index (χ0n) is 12.0. The number of carbonyl (C=O) groups excluding carboxylic acids is 1. The fraction of sp³-hybridized carbons (Fsp3) is 0.562. The molecule has 1 aliphatic carbocycles. The third-order valence-electron chi connectivity index (χ3n) is 3.99.